The fourth-order valence-electron chi connectivity index (χ4n) is 4.07. The Bertz CT molecular complexity index is 1140. The first-order valence-electron chi connectivity index (χ1n) is 11.0. The molecule has 8 heteroatoms. The third kappa shape index (κ3) is 6.08. The Hall–Kier alpha value is -3.52. The topological polar surface area (TPSA) is 59.6 Å². The summed E-state index contributed by atoms with van der Waals surface area (Å²) < 4.78 is 48.8. The molecule has 1 saturated heterocycles. The number of carbonyl (C=O) groups is 1. The summed E-state index contributed by atoms with van der Waals surface area (Å²) in [6.45, 7) is 3.42. The van der Waals surface area contributed by atoms with Crippen LogP contribution in [0.1, 0.15) is 28.8 Å². The standard InChI is InChI=1S/C26H25F3N2O3/c1-17-14-22(34-26(27,28)29)16-23(24(17)18-6-3-2-4-7-18)25(32)31-19-8-5-9-21(15-19)33-20-10-12-30-13-11-20/h2-9,14-16,20,30H,10-13H2,1H3,(H,31,32). The molecular weight excluding hydrogens is 445 g/mol. The number of amides is 1. The van der Waals surface area contributed by atoms with E-state index >= 15 is 0 Å². The number of halogens is 3. The maximum absolute atomic E-state index is 13.3. The minimum atomic E-state index is -4.87. The van der Waals surface area contributed by atoms with Gasteiger partial charge in [-0.1, -0.05) is 36.4 Å². The fourth-order valence-corrected chi connectivity index (χ4v) is 4.07. The fraction of sp³-hybridized carbons (Fsp3) is 0.269. The summed E-state index contributed by atoms with van der Waals surface area (Å²) in [7, 11) is 0. The Labute approximate surface area is 195 Å². The number of nitrogens with one attached hydrogen (secondary N) is 2. The van der Waals surface area contributed by atoms with Gasteiger partial charge in [-0.25, -0.2) is 0 Å². The molecule has 34 heavy (non-hydrogen) atoms. The van der Waals surface area contributed by atoms with Crippen LogP contribution in [0.25, 0.3) is 11.1 Å². The van der Waals surface area contributed by atoms with Crippen molar-refractivity contribution in [2.24, 2.45) is 0 Å². The number of benzene rings is 3. The Morgan fingerprint density at radius 1 is 0.971 bits per heavy atom. The Morgan fingerprint density at radius 3 is 2.41 bits per heavy atom. The smallest absolute Gasteiger partial charge is 0.490 e. The van der Waals surface area contributed by atoms with Crippen molar-refractivity contribution in [1.82, 2.24) is 5.32 Å². The van der Waals surface area contributed by atoms with Gasteiger partial charge in [-0.3, -0.25) is 4.79 Å². The van der Waals surface area contributed by atoms with Crippen molar-refractivity contribution in [2.75, 3.05) is 18.4 Å². The van der Waals surface area contributed by atoms with Gasteiger partial charge < -0.3 is 20.1 Å². The summed E-state index contributed by atoms with van der Waals surface area (Å²) in [4.78, 5) is 13.3. The molecule has 1 aliphatic heterocycles. The highest BCUT2D eigenvalue weighted by molar-refractivity contribution is 6.09. The number of ether oxygens (including phenoxy) is 2. The molecule has 0 spiro atoms. The maximum Gasteiger partial charge on any atom is 0.573 e. The van der Waals surface area contributed by atoms with E-state index in [2.05, 4.69) is 15.4 Å². The van der Waals surface area contributed by atoms with E-state index in [-0.39, 0.29) is 11.7 Å². The lowest BCUT2D eigenvalue weighted by atomic mass is 9.94. The first-order chi connectivity index (χ1) is 16.3. The quantitative estimate of drug-likeness (QED) is 0.468. The van der Waals surface area contributed by atoms with E-state index in [4.69, 9.17) is 4.74 Å². The van der Waals surface area contributed by atoms with Gasteiger partial charge in [-0.15, -0.1) is 13.2 Å². The molecule has 0 bridgehead atoms. The zero-order chi connectivity index (χ0) is 24.1. The van der Waals surface area contributed by atoms with E-state index < -0.39 is 18.0 Å². The Kier molecular flexibility index (Phi) is 7.07. The molecular formula is C26H25F3N2O3. The number of hydrogen-bond donors (Lipinski definition) is 2. The predicted octanol–water partition coefficient (Wildman–Crippen LogP) is 5.94. The molecule has 3 aromatic rings. The summed E-state index contributed by atoms with van der Waals surface area (Å²) in [5, 5.41) is 6.08. The molecule has 3 aromatic carbocycles. The van der Waals surface area contributed by atoms with Crippen molar-refractivity contribution in [1.29, 1.82) is 0 Å². The van der Waals surface area contributed by atoms with Crippen LogP contribution in [0.5, 0.6) is 11.5 Å². The van der Waals surface area contributed by atoms with E-state index in [0.29, 0.717) is 28.1 Å². The largest absolute Gasteiger partial charge is 0.573 e. The summed E-state index contributed by atoms with van der Waals surface area (Å²) in [6.07, 6.45) is -2.99. The molecule has 0 saturated carbocycles. The monoisotopic (exact) mass is 470 g/mol. The van der Waals surface area contributed by atoms with Gasteiger partial charge in [0, 0.05) is 11.8 Å². The highest BCUT2D eigenvalue weighted by Gasteiger charge is 2.32. The van der Waals surface area contributed by atoms with E-state index in [1.165, 1.54) is 6.07 Å². The van der Waals surface area contributed by atoms with E-state index in [1.54, 1.807) is 49.4 Å². The Morgan fingerprint density at radius 2 is 1.71 bits per heavy atom. The van der Waals surface area contributed by atoms with Crippen LogP contribution in [0.15, 0.2) is 66.7 Å². The highest BCUT2D eigenvalue weighted by atomic mass is 19.4. The zero-order valence-electron chi connectivity index (χ0n) is 18.6. The number of alkyl halides is 3. The molecule has 1 fully saturated rings. The second-order valence-electron chi connectivity index (χ2n) is 8.13. The van der Waals surface area contributed by atoms with Crippen LogP contribution >= 0.6 is 0 Å². The molecule has 1 aliphatic rings. The lowest BCUT2D eigenvalue weighted by Gasteiger charge is -2.24. The van der Waals surface area contributed by atoms with Crippen molar-refractivity contribution in [3.8, 4) is 22.6 Å². The van der Waals surface area contributed by atoms with Crippen LogP contribution in [-0.2, 0) is 0 Å². The lowest BCUT2D eigenvalue weighted by molar-refractivity contribution is -0.274. The summed E-state index contributed by atoms with van der Waals surface area (Å²) in [6, 6.07) is 18.4. The average Bonchev–Trinajstić information content (AvgIpc) is 2.79. The zero-order valence-corrected chi connectivity index (χ0v) is 18.6. The normalized spacial score (nSPS) is 14.5. The molecule has 0 aromatic heterocycles. The van der Waals surface area contributed by atoms with E-state index in [0.717, 1.165) is 32.0 Å². The van der Waals surface area contributed by atoms with Crippen molar-refractivity contribution in [3.63, 3.8) is 0 Å². The number of carbonyl (C=O) groups excluding carboxylic acids is 1. The Balaban J connectivity index is 1.63. The summed E-state index contributed by atoms with van der Waals surface area (Å²) >= 11 is 0. The SMILES string of the molecule is Cc1cc(OC(F)(F)F)cc(C(=O)Nc2cccc(OC3CCNCC3)c2)c1-c1ccccc1. The minimum Gasteiger partial charge on any atom is -0.490 e. The molecule has 0 aliphatic carbocycles. The third-order valence-electron chi connectivity index (χ3n) is 5.53. The van der Waals surface area contributed by atoms with E-state index in [1.807, 2.05) is 12.1 Å². The van der Waals surface area contributed by atoms with Crippen LogP contribution < -0.4 is 20.1 Å². The second-order valence-corrected chi connectivity index (χ2v) is 8.13. The van der Waals surface area contributed by atoms with Crippen LogP contribution in [0.3, 0.4) is 0 Å². The molecule has 0 unspecified atom stereocenters. The van der Waals surface area contributed by atoms with Gasteiger partial charge in [0.05, 0.1) is 5.56 Å². The second kappa shape index (κ2) is 10.2. The summed E-state index contributed by atoms with van der Waals surface area (Å²) in [5.41, 5.74) is 2.30. The number of piperidine rings is 1. The van der Waals surface area contributed by atoms with E-state index in [9.17, 15) is 18.0 Å². The van der Waals surface area contributed by atoms with Crippen molar-refractivity contribution in [3.05, 3.63) is 77.9 Å². The van der Waals surface area contributed by atoms with Gasteiger partial charge in [0.2, 0.25) is 0 Å². The average molecular weight is 470 g/mol. The number of hydrogen-bond acceptors (Lipinski definition) is 4. The van der Waals surface area contributed by atoms with Crippen molar-refractivity contribution >= 4 is 11.6 Å². The summed E-state index contributed by atoms with van der Waals surface area (Å²) in [5.74, 6) is -0.371. The van der Waals surface area contributed by atoms with Crippen LogP contribution in [0, 0.1) is 6.92 Å². The van der Waals surface area contributed by atoms with Gasteiger partial charge in [0.25, 0.3) is 5.91 Å². The number of aryl methyl sites for hydroxylation is 1. The molecule has 0 atom stereocenters. The van der Waals surface area contributed by atoms with Crippen LogP contribution in [0.2, 0.25) is 0 Å². The molecule has 1 heterocycles. The van der Waals surface area contributed by atoms with Gasteiger partial charge in [0.15, 0.2) is 0 Å². The molecule has 1 amide bonds. The first-order valence-corrected chi connectivity index (χ1v) is 11.0. The number of rotatable bonds is 6. The highest BCUT2D eigenvalue weighted by Crippen LogP contribution is 2.34. The van der Waals surface area contributed by atoms with Gasteiger partial charge in [-0.2, -0.15) is 0 Å². The minimum absolute atomic E-state index is 0.0788. The van der Waals surface area contributed by atoms with Crippen molar-refractivity contribution in [2.45, 2.75) is 32.2 Å². The number of anilines is 1. The molecule has 178 valence electrons. The third-order valence-corrected chi connectivity index (χ3v) is 5.53. The van der Waals surface area contributed by atoms with Crippen molar-refractivity contribution < 1.29 is 27.4 Å². The molecule has 0 radical (unpaired) electrons. The predicted molar refractivity (Wildman–Crippen MR) is 124 cm³/mol. The van der Waals surface area contributed by atoms with Gasteiger partial charge in [-0.05, 0) is 73.8 Å². The van der Waals surface area contributed by atoms with Gasteiger partial charge >= 0.3 is 6.36 Å². The maximum atomic E-state index is 13.3. The first kappa shape index (κ1) is 23.6. The lowest BCUT2D eigenvalue weighted by Crippen LogP contribution is -2.34. The molecule has 4 rings (SSSR count). The van der Waals surface area contributed by atoms with Gasteiger partial charge in [0.1, 0.15) is 17.6 Å². The molecule has 5 nitrogen and oxygen atoms in total. The van der Waals surface area contributed by atoms with Crippen LogP contribution in [0.4, 0.5) is 18.9 Å². The molecule has 2 N–H and O–H groups in total. The van der Waals surface area contributed by atoms with Crippen LogP contribution in [-0.4, -0.2) is 31.5 Å².